The van der Waals surface area contributed by atoms with Crippen LogP contribution in [0.1, 0.15) is 31.7 Å². The van der Waals surface area contributed by atoms with Crippen LogP contribution in [0.15, 0.2) is 46.9 Å². The first-order valence-corrected chi connectivity index (χ1v) is 12.0. The fourth-order valence-corrected chi connectivity index (χ4v) is 5.08. The maximum Gasteiger partial charge on any atom is 0.314 e. The van der Waals surface area contributed by atoms with Gasteiger partial charge in [0.1, 0.15) is 11.6 Å². The normalized spacial score (nSPS) is 16.9. The number of anilines is 1. The minimum Gasteiger partial charge on any atom is -0.415 e. The zero-order valence-electron chi connectivity index (χ0n) is 19.8. The molecule has 0 N–H and O–H groups in total. The number of likely N-dealkylation sites (tertiary alicyclic amines) is 2. The van der Waals surface area contributed by atoms with Gasteiger partial charge in [0.15, 0.2) is 5.11 Å². The lowest BCUT2D eigenvalue weighted by atomic mass is 9.72. The third-order valence-electron chi connectivity index (χ3n) is 6.74. The molecule has 3 heterocycles. The van der Waals surface area contributed by atoms with Gasteiger partial charge in [0.2, 0.25) is 5.89 Å². The van der Waals surface area contributed by atoms with E-state index in [0.29, 0.717) is 22.4 Å². The van der Waals surface area contributed by atoms with Gasteiger partial charge in [0, 0.05) is 54.5 Å². The van der Waals surface area contributed by atoms with Gasteiger partial charge in [0.05, 0.1) is 6.54 Å². The summed E-state index contributed by atoms with van der Waals surface area (Å²) in [5.41, 5.74) is 1.21. The van der Waals surface area contributed by atoms with Gasteiger partial charge in [-0.25, -0.2) is 8.78 Å². The zero-order chi connectivity index (χ0) is 25.6. The largest absolute Gasteiger partial charge is 0.415 e. The highest BCUT2D eigenvalue weighted by atomic mass is 32.1. The Morgan fingerprint density at radius 3 is 2.44 bits per heavy atom. The van der Waals surface area contributed by atoms with E-state index in [2.05, 4.69) is 33.8 Å². The van der Waals surface area contributed by atoms with Crippen LogP contribution < -0.4 is 4.90 Å². The zero-order valence-corrected chi connectivity index (χ0v) is 20.6. The second-order valence-electron chi connectivity index (χ2n) is 9.76. The van der Waals surface area contributed by atoms with Gasteiger partial charge >= 0.3 is 6.43 Å². The van der Waals surface area contributed by atoms with Crippen LogP contribution in [0.3, 0.4) is 0 Å². The molecular formula is C25H25F4N5OS. The molecule has 0 aliphatic carbocycles. The third-order valence-corrected chi connectivity index (χ3v) is 7.22. The fourth-order valence-electron chi connectivity index (χ4n) is 4.78. The Balaban J connectivity index is 1.35. The maximum absolute atomic E-state index is 15.1. The van der Waals surface area contributed by atoms with Gasteiger partial charge in [-0.2, -0.15) is 8.78 Å². The van der Waals surface area contributed by atoms with Gasteiger partial charge in [-0.1, -0.05) is 12.1 Å². The molecular weight excluding hydrogens is 494 g/mol. The quantitative estimate of drug-likeness (QED) is 0.325. The van der Waals surface area contributed by atoms with Crippen LogP contribution in [-0.2, 0) is 6.54 Å². The summed E-state index contributed by atoms with van der Waals surface area (Å²) in [7, 11) is 0. The van der Waals surface area contributed by atoms with E-state index >= 15 is 4.39 Å². The van der Waals surface area contributed by atoms with Crippen LogP contribution in [0.25, 0.3) is 11.5 Å². The summed E-state index contributed by atoms with van der Waals surface area (Å²) >= 11 is 5.79. The molecule has 6 nitrogen and oxygen atoms in total. The summed E-state index contributed by atoms with van der Waals surface area (Å²) < 4.78 is 59.6. The van der Waals surface area contributed by atoms with Crippen molar-refractivity contribution in [3.05, 3.63) is 65.6 Å². The molecule has 2 saturated heterocycles. The van der Waals surface area contributed by atoms with Crippen molar-refractivity contribution in [2.24, 2.45) is 5.41 Å². The predicted octanol–water partition coefficient (Wildman–Crippen LogP) is 5.27. The van der Waals surface area contributed by atoms with Crippen molar-refractivity contribution in [2.45, 2.75) is 32.9 Å². The third kappa shape index (κ3) is 4.69. The molecule has 0 radical (unpaired) electrons. The Bertz CT molecular complexity index is 1270. The van der Waals surface area contributed by atoms with Crippen molar-refractivity contribution < 1.29 is 22.0 Å². The molecule has 2 fully saturated rings. The lowest BCUT2D eigenvalue weighted by Crippen LogP contribution is -2.74. The molecule has 1 aromatic heterocycles. The molecule has 0 saturated carbocycles. The molecule has 5 rings (SSSR count). The smallest absolute Gasteiger partial charge is 0.314 e. The lowest BCUT2D eigenvalue weighted by molar-refractivity contribution is -0.0993. The molecule has 0 atom stereocenters. The van der Waals surface area contributed by atoms with E-state index in [1.165, 1.54) is 24.3 Å². The molecule has 0 bridgehead atoms. The van der Waals surface area contributed by atoms with Crippen molar-refractivity contribution in [3.8, 4) is 11.5 Å². The van der Waals surface area contributed by atoms with Crippen LogP contribution in [0.5, 0.6) is 0 Å². The van der Waals surface area contributed by atoms with E-state index in [9.17, 15) is 13.2 Å². The first-order chi connectivity index (χ1) is 17.1. The Hall–Kier alpha value is -3.05. The van der Waals surface area contributed by atoms with Crippen LogP contribution in [-0.4, -0.2) is 57.3 Å². The number of aromatic nitrogens is 2. The Labute approximate surface area is 211 Å². The summed E-state index contributed by atoms with van der Waals surface area (Å²) in [4.78, 5) is 6.19. The first kappa shape index (κ1) is 24.6. The predicted molar refractivity (Wildman–Crippen MR) is 131 cm³/mol. The van der Waals surface area contributed by atoms with E-state index in [0.717, 1.165) is 32.2 Å². The number of alkyl halides is 2. The van der Waals surface area contributed by atoms with Crippen molar-refractivity contribution in [3.63, 3.8) is 0 Å². The highest BCUT2D eigenvalue weighted by molar-refractivity contribution is 7.80. The monoisotopic (exact) mass is 519 g/mol. The number of hydrogen-bond acceptors (Lipinski definition) is 5. The van der Waals surface area contributed by atoms with E-state index in [1.807, 2.05) is 0 Å². The van der Waals surface area contributed by atoms with E-state index in [4.69, 9.17) is 16.6 Å². The van der Waals surface area contributed by atoms with Gasteiger partial charge in [-0.15, -0.1) is 10.2 Å². The Kier molecular flexibility index (Phi) is 6.46. The average Bonchev–Trinajstić information content (AvgIpc) is 3.27. The molecule has 1 spiro atoms. The highest BCUT2D eigenvalue weighted by Crippen LogP contribution is 2.41. The van der Waals surface area contributed by atoms with E-state index < -0.39 is 24.0 Å². The highest BCUT2D eigenvalue weighted by Gasteiger charge is 2.53. The summed E-state index contributed by atoms with van der Waals surface area (Å²) in [6.45, 7) is 8.04. The van der Waals surface area contributed by atoms with Crippen molar-refractivity contribution in [1.82, 2.24) is 20.0 Å². The number of nitrogens with zero attached hydrogens (tertiary/aromatic N) is 5. The molecule has 190 valence electrons. The second kappa shape index (κ2) is 9.44. The van der Waals surface area contributed by atoms with Gasteiger partial charge in [0.25, 0.3) is 5.89 Å². The van der Waals surface area contributed by atoms with Crippen LogP contribution >= 0.6 is 12.2 Å². The molecule has 36 heavy (non-hydrogen) atoms. The summed E-state index contributed by atoms with van der Waals surface area (Å²) in [6.07, 6.45) is -2.91. The lowest BCUT2D eigenvalue weighted by Gasteiger charge is -2.62. The summed E-state index contributed by atoms with van der Waals surface area (Å²) in [6, 6.07) is 10.7. The van der Waals surface area contributed by atoms with Gasteiger partial charge in [-0.3, -0.25) is 4.90 Å². The topological polar surface area (TPSA) is 48.6 Å². The Morgan fingerprint density at radius 1 is 1.08 bits per heavy atom. The van der Waals surface area contributed by atoms with Crippen molar-refractivity contribution in [2.75, 3.05) is 31.1 Å². The van der Waals surface area contributed by atoms with Gasteiger partial charge < -0.3 is 14.2 Å². The second-order valence-corrected chi connectivity index (χ2v) is 10.1. The number of hydrogen-bond donors (Lipinski definition) is 0. The number of benzene rings is 2. The minimum absolute atomic E-state index is 0.0577. The molecule has 3 aromatic rings. The average molecular weight is 520 g/mol. The number of thiocarbonyl (C=S) groups is 1. The van der Waals surface area contributed by atoms with E-state index in [-0.39, 0.29) is 23.4 Å². The van der Waals surface area contributed by atoms with Crippen LogP contribution in [0, 0.1) is 17.0 Å². The van der Waals surface area contributed by atoms with Crippen molar-refractivity contribution >= 4 is 23.0 Å². The SMILES string of the molecule is CC(C)N1CC2(CN(C(=S)N(Cc3ccc(-c4nnc(C(F)F)o4)cc3F)c3cccc(F)c3)C2)C1. The number of rotatable bonds is 6. The first-order valence-electron chi connectivity index (χ1n) is 11.6. The number of halogens is 4. The summed E-state index contributed by atoms with van der Waals surface area (Å²) in [5.74, 6) is -2.04. The Morgan fingerprint density at radius 2 is 1.83 bits per heavy atom. The molecule has 2 aliphatic rings. The maximum atomic E-state index is 15.1. The molecule has 2 aliphatic heterocycles. The minimum atomic E-state index is -2.91. The fraction of sp³-hybridized carbons (Fsp3) is 0.400. The van der Waals surface area contributed by atoms with Crippen molar-refractivity contribution in [1.29, 1.82) is 0 Å². The van der Waals surface area contributed by atoms with Crippen LogP contribution in [0.4, 0.5) is 23.2 Å². The molecule has 2 aromatic carbocycles. The standard InChI is InChI=1S/C25H25F4N5OS/c1-15(2)32-11-25(12-32)13-33(14-25)24(36)34(19-5-3-4-18(26)9-19)10-17-7-6-16(8-20(17)27)22-30-31-23(35-22)21(28)29/h3-9,15,21H,10-14H2,1-2H3. The molecule has 11 heteroatoms. The molecule has 0 amide bonds. The molecule has 0 unspecified atom stereocenters. The summed E-state index contributed by atoms with van der Waals surface area (Å²) in [5, 5.41) is 7.34. The van der Waals surface area contributed by atoms with E-state index in [1.54, 1.807) is 17.0 Å². The van der Waals surface area contributed by atoms with Crippen LogP contribution in [0.2, 0.25) is 0 Å². The van der Waals surface area contributed by atoms with Gasteiger partial charge in [-0.05, 0) is 56.4 Å².